The van der Waals surface area contributed by atoms with Gasteiger partial charge in [-0.25, -0.2) is 4.79 Å². The van der Waals surface area contributed by atoms with Gasteiger partial charge in [0.2, 0.25) is 0 Å². The Kier molecular flexibility index (Phi) is 4.04. The number of benzene rings is 1. The number of carbonyl (C=O) groups excluding carboxylic acids is 1. The summed E-state index contributed by atoms with van der Waals surface area (Å²) in [4.78, 5) is 13.4. The number of esters is 1. The van der Waals surface area contributed by atoms with E-state index in [0.29, 0.717) is 42.1 Å². The Balaban J connectivity index is 2.10. The van der Waals surface area contributed by atoms with Crippen LogP contribution in [-0.2, 0) is 16.0 Å². The van der Waals surface area contributed by atoms with Gasteiger partial charge >= 0.3 is 5.97 Å². The van der Waals surface area contributed by atoms with E-state index in [4.69, 9.17) is 13.9 Å². The number of methoxy groups -OCH3 is 1. The molecule has 6 heteroatoms. The van der Waals surface area contributed by atoms with Crippen molar-refractivity contribution in [2.45, 2.75) is 13.5 Å². The van der Waals surface area contributed by atoms with Gasteiger partial charge < -0.3 is 23.9 Å². The van der Waals surface area contributed by atoms with E-state index in [1.165, 1.54) is 12.0 Å². The van der Waals surface area contributed by atoms with E-state index in [9.17, 15) is 9.90 Å². The monoisotopic (exact) mass is 306 g/mol. The molecular weight excluding hydrogens is 286 g/mol. The topological polar surface area (TPSA) is 73.3 Å². The van der Waals surface area contributed by atoms with E-state index in [-0.39, 0.29) is 5.75 Å². The first-order valence-electron chi connectivity index (χ1n) is 7.35. The molecule has 118 valence electrons. The number of carbonyl (C=O) groups is 1. The molecule has 0 bridgehead atoms. The van der Waals surface area contributed by atoms with E-state index in [1.807, 2.05) is 0 Å². The van der Waals surface area contributed by atoms with Gasteiger partial charge in [0.25, 0.3) is 0 Å². The van der Waals surface area contributed by atoms with Crippen molar-refractivity contribution in [1.82, 2.24) is 0 Å². The Labute approximate surface area is 128 Å². The second-order valence-electron chi connectivity index (χ2n) is 5.50. The van der Waals surface area contributed by atoms with E-state index in [2.05, 4.69) is 0 Å². The zero-order valence-corrected chi connectivity index (χ0v) is 12.8. The standard InChI is InChI=1S/C16H19NO5/c1-10-14(16(19)20-2)15-11(9-17-5-7-21-8-6-17)12(18)3-4-13(15)22-10/h3-4,18H,5-9H2,1-2H3/p+1. The highest BCUT2D eigenvalue weighted by molar-refractivity contribution is 6.06. The lowest BCUT2D eigenvalue weighted by Crippen LogP contribution is -3.12. The average molecular weight is 306 g/mol. The fraction of sp³-hybridized carbons (Fsp3) is 0.438. The van der Waals surface area contributed by atoms with Crippen LogP contribution in [0.25, 0.3) is 11.0 Å². The number of furan rings is 1. The summed E-state index contributed by atoms with van der Waals surface area (Å²) in [5.74, 6) is 0.239. The molecule has 3 rings (SSSR count). The quantitative estimate of drug-likeness (QED) is 0.815. The van der Waals surface area contributed by atoms with Crippen molar-refractivity contribution in [3.05, 3.63) is 29.0 Å². The molecule has 0 amide bonds. The van der Waals surface area contributed by atoms with Crippen LogP contribution in [0.3, 0.4) is 0 Å². The van der Waals surface area contributed by atoms with Gasteiger partial charge in [0, 0.05) is 5.39 Å². The Morgan fingerprint density at radius 2 is 2.09 bits per heavy atom. The molecule has 1 saturated heterocycles. The average Bonchev–Trinajstić information content (AvgIpc) is 2.87. The highest BCUT2D eigenvalue weighted by Crippen LogP contribution is 2.33. The molecule has 0 spiro atoms. The maximum atomic E-state index is 12.1. The SMILES string of the molecule is COC(=O)c1c(C)oc2ccc(O)c(C[NH+]3CCOCC3)c12. The number of phenols is 1. The Morgan fingerprint density at radius 1 is 1.36 bits per heavy atom. The molecule has 2 N–H and O–H groups in total. The molecule has 2 heterocycles. The zero-order valence-electron chi connectivity index (χ0n) is 12.8. The third-order valence-corrected chi connectivity index (χ3v) is 4.13. The maximum absolute atomic E-state index is 12.1. The Bertz CT molecular complexity index is 700. The molecule has 1 aromatic heterocycles. The molecule has 2 aromatic rings. The summed E-state index contributed by atoms with van der Waals surface area (Å²) >= 11 is 0. The van der Waals surface area contributed by atoms with E-state index >= 15 is 0 Å². The van der Waals surface area contributed by atoms with Crippen LogP contribution < -0.4 is 4.90 Å². The largest absolute Gasteiger partial charge is 0.507 e. The molecule has 1 aliphatic rings. The molecule has 6 nitrogen and oxygen atoms in total. The lowest BCUT2D eigenvalue weighted by Gasteiger charge is -2.24. The number of nitrogens with one attached hydrogen (secondary N) is 1. The lowest BCUT2D eigenvalue weighted by molar-refractivity contribution is -0.921. The minimum Gasteiger partial charge on any atom is -0.507 e. The smallest absolute Gasteiger partial charge is 0.342 e. The summed E-state index contributed by atoms with van der Waals surface area (Å²) in [6.45, 7) is 5.52. The maximum Gasteiger partial charge on any atom is 0.342 e. The highest BCUT2D eigenvalue weighted by atomic mass is 16.5. The predicted octanol–water partition coefficient (Wildman–Crippen LogP) is 0.649. The summed E-state index contributed by atoms with van der Waals surface area (Å²) in [5.41, 5.74) is 1.72. The lowest BCUT2D eigenvalue weighted by atomic mass is 10.0. The number of hydrogen-bond acceptors (Lipinski definition) is 5. The van der Waals surface area contributed by atoms with Crippen LogP contribution in [0, 0.1) is 6.92 Å². The van der Waals surface area contributed by atoms with Gasteiger partial charge in [-0.2, -0.15) is 0 Å². The zero-order chi connectivity index (χ0) is 15.7. The second kappa shape index (κ2) is 5.98. The van der Waals surface area contributed by atoms with Gasteiger partial charge in [-0.1, -0.05) is 0 Å². The number of phenolic OH excluding ortho intramolecular Hbond substituents is 1. The molecule has 0 unspecified atom stereocenters. The minimum absolute atomic E-state index is 0.178. The highest BCUT2D eigenvalue weighted by Gasteiger charge is 2.26. The van der Waals surface area contributed by atoms with Crippen molar-refractivity contribution in [2.75, 3.05) is 33.4 Å². The van der Waals surface area contributed by atoms with Gasteiger partial charge in [0.1, 0.15) is 42.3 Å². The van der Waals surface area contributed by atoms with Crippen molar-refractivity contribution in [3.8, 4) is 5.75 Å². The third kappa shape index (κ3) is 2.55. The molecule has 1 aromatic carbocycles. The van der Waals surface area contributed by atoms with Gasteiger partial charge in [-0.15, -0.1) is 0 Å². The van der Waals surface area contributed by atoms with Crippen LogP contribution in [0.4, 0.5) is 0 Å². The second-order valence-corrected chi connectivity index (χ2v) is 5.50. The van der Waals surface area contributed by atoms with Gasteiger partial charge in [0.05, 0.1) is 25.9 Å². The van der Waals surface area contributed by atoms with E-state index < -0.39 is 5.97 Å². The predicted molar refractivity (Wildman–Crippen MR) is 79.2 cm³/mol. The first-order chi connectivity index (χ1) is 10.6. The van der Waals surface area contributed by atoms with Crippen molar-refractivity contribution >= 4 is 16.9 Å². The normalized spacial score (nSPS) is 16.1. The molecule has 1 aliphatic heterocycles. The fourth-order valence-electron chi connectivity index (χ4n) is 2.98. The van der Waals surface area contributed by atoms with Crippen molar-refractivity contribution in [1.29, 1.82) is 0 Å². The number of aryl methyl sites for hydroxylation is 1. The molecule has 1 fully saturated rings. The minimum atomic E-state index is -0.444. The van der Waals surface area contributed by atoms with Crippen molar-refractivity contribution in [3.63, 3.8) is 0 Å². The molecule has 0 atom stereocenters. The van der Waals surface area contributed by atoms with Gasteiger partial charge in [0.15, 0.2) is 0 Å². The number of aromatic hydroxyl groups is 1. The van der Waals surface area contributed by atoms with E-state index in [1.54, 1.807) is 19.1 Å². The first-order valence-corrected chi connectivity index (χ1v) is 7.35. The van der Waals surface area contributed by atoms with Crippen LogP contribution in [-0.4, -0.2) is 44.5 Å². The summed E-state index contributed by atoms with van der Waals surface area (Å²) in [6.07, 6.45) is 0. The van der Waals surface area contributed by atoms with Crippen LogP contribution in [0.1, 0.15) is 21.7 Å². The Morgan fingerprint density at radius 3 is 2.77 bits per heavy atom. The Hall–Kier alpha value is -2.05. The number of hydrogen-bond donors (Lipinski definition) is 2. The molecular formula is C16H20NO5+. The van der Waals surface area contributed by atoms with Crippen molar-refractivity contribution in [2.24, 2.45) is 0 Å². The van der Waals surface area contributed by atoms with Crippen LogP contribution in [0.5, 0.6) is 5.75 Å². The van der Waals surface area contributed by atoms with Crippen LogP contribution in [0.2, 0.25) is 0 Å². The fourth-order valence-corrected chi connectivity index (χ4v) is 2.98. The number of fused-ring (bicyclic) bond motifs is 1. The summed E-state index contributed by atoms with van der Waals surface area (Å²) in [7, 11) is 1.34. The van der Waals surface area contributed by atoms with Gasteiger partial charge in [-0.05, 0) is 19.1 Å². The molecule has 0 aliphatic carbocycles. The summed E-state index contributed by atoms with van der Waals surface area (Å²) in [5, 5.41) is 10.9. The number of ether oxygens (including phenoxy) is 2. The van der Waals surface area contributed by atoms with Gasteiger partial charge in [-0.3, -0.25) is 0 Å². The van der Waals surface area contributed by atoms with Crippen LogP contribution >= 0.6 is 0 Å². The van der Waals surface area contributed by atoms with E-state index in [0.717, 1.165) is 18.7 Å². The summed E-state index contributed by atoms with van der Waals surface area (Å²) in [6, 6.07) is 3.30. The van der Waals surface area contributed by atoms with Crippen LogP contribution in [0.15, 0.2) is 16.5 Å². The van der Waals surface area contributed by atoms with Crippen molar-refractivity contribution < 1.29 is 28.7 Å². The molecule has 0 radical (unpaired) electrons. The number of morpholine rings is 1. The first kappa shape index (κ1) is 14.9. The summed E-state index contributed by atoms with van der Waals surface area (Å²) < 4.78 is 15.9. The number of quaternary nitrogens is 1. The third-order valence-electron chi connectivity index (χ3n) is 4.13. The number of rotatable bonds is 3. The molecule has 0 saturated carbocycles. The molecule has 22 heavy (non-hydrogen) atoms.